The standard InChI is InChI=1S/C17H12N4O3S2/c1-21(13-7-6-11-15(19-13)26-17(25)18-11)16(23)10-4-2-9(3-5-10)12-8-14(22)20-24-12/h2-8H,1H3,(H,18,25)(H,20,22). The maximum atomic E-state index is 12.7. The third-order valence-corrected chi connectivity index (χ3v) is 4.93. The lowest BCUT2D eigenvalue weighted by Gasteiger charge is -2.16. The minimum Gasteiger partial charge on any atom is -0.491 e. The largest absolute Gasteiger partial charge is 0.491 e. The van der Waals surface area contributed by atoms with E-state index in [4.69, 9.17) is 4.52 Å². The number of benzene rings is 1. The van der Waals surface area contributed by atoms with Crippen LogP contribution in [0.2, 0.25) is 0 Å². The molecule has 0 saturated heterocycles. The summed E-state index contributed by atoms with van der Waals surface area (Å²) in [5.41, 5.74) is 1.97. The number of hydrogen-bond donors (Lipinski definition) is 2. The van der Waals surface area contributed by atoms with E-state index in [1.54, 1.807) is 37.4 Å². The molecule has 3 aromatic heterocycles. The summed E-state index contributed by atoms with van der Waals surface area (Å²) in [7, 11) is 1.67. The van der Waals surface area contributed by atoms with Gasteiger partial charge in [-0.25, -0.2) is 9.97 Å². The van der Waals surface area contributed by atoms with Crippen LogP contribution in [-0.2, 0) is 0 Å². The molecule has 3 heterocycles. The smallest absolute Gasteiger partial charge is 0.259 e. The Kier molecular flexibility index (Phi) is 4.09. The van der Waals surface area contributed by atoms with Gasteiger partial charge >= 0.3 is 0 Å². The number of amides is 1. The van der Waals surface area contributed by atoms with Crippen LogP contribution in [0.3, 0.4) is 0 Å². The van der Waals surface area contributed by atoms with Gasteiger partial charge in [-0.1, -0.05) is 23.5 Å². The van der Waals surface area contributed by atoms with Gasteiger partial charge in [-0.15, -0.1) is 12.6 Å². The molecule has 0 unspecified atom stereocenters. The molecule has 0 aliphatic carbocycles. The van der Waals surface area contributed by atoms with Crippen molar-refractivity contribution < 1.29 is 14.4 Å². The Morgan fingerprint density at radius 3 is 2.65 bits per heavy atom. The van der Waals surface area contributed by atoms with Crippen LogP contribution >= 0.6 is 24.0 Å². The molecular weight excluding hydrogens is 372 g/mol. The van der Waals surface area contributed by atoms with Gasteiger partial charge in [-0.3, -0.25) is 9.69 Å². The summed E-state index contributed by atoms with van der Waals surface area (Å²) >= 11 is 5.59. The summed E-state index contributed by atoms with van der Waals surface area (Å²) < 4.78 is 5.63. The van der Waals surface area contributed by atoms with Gasteiger partial charge in [-0.05, 0) is 29.4 Å². The summed E-state index contributed by atoms with van der Waals surface area (Å²) in [6.07, 6.45) is 0. The van der Waals surface area contributed by atoms with Crippen LogP contribution in [0.5, 0.6) is 5.88 Å². The van der Waals surface area contributed by atoms with E-state index in [1.807, 2.05) is 6.07 Å². The Morgan fingerprint density at radius 1 is 1.19 bits per heavy atom. The molecule has 0 atom stereocenters. The fourth-order valence-electron chi connectivity index (χ4n) is 2.46. The van der Waals surface area contributed by atoms with Gasteiger partial charge in [0.1, 0.15) is 20.5 Å². The molecule has 0 saturated carbocycles. The van der Waals surface area contributed by atoms with Crippen molar-refractivity contribution in [2.24, 2.45) is 0 Å². The number of nitrogens with zero attached hydrogens (tertiary/aromatic N) is 4. The summed E-state index contributed by atoms with van der Waals surface area (Å²) in [4.78, 5) is 23.6. The molecule has 0 aliphatic rings. The number of pyridine rings is 1. The van der Waals surface area contributed by atoms with Crippen LogP contribution in [0.1, 0.15) is 10.4 Å². The molecule has 26 heavy (non-hydrogen) atoms. The number of hydrogen-bond acceptors (Lipinski definition) is 8. The first-order valence-electron chi connectivity index (χ1n) is 7.52. The second kappa shape index (κ2) is 6.43. The van der Waals surface area contributed by atoms with E-state index in [-0.39, 0.29) is 11.8 Å². The average molecular weight is 384 g/mol. The quantitative estimate of drug-likeness (QED) is 0.524. The number of anilines is 1. The molecule has 1 N–H and O–H groups in total. The van der Waals surface area contributed by atoms with Gasteiger partial charge in [0.25, 0.3) is 11.8 Å². The van der Waals surface area contributed by atoms with Crippen molar-refractivity contribution in [3.05, 3.63) is 48.0 Å². The Balaban J connectivity index is 1.59. The molecule has 0 fully saturated rings. The van der Waals surface area contributed by atoms with E-state index >= 15 is 0 Å². The molecule has 0 spiro atoms. The summed E-state index contributed by atoms with van der Waals surface area (Å²) in [5.74, 6) is 0.576. The van der Waals surface area contributed by atoms with Crippen molar-refractivity contribution in [3.8, 4) is 17.2 Å². The van der Waals surface area contributed by atoms with Crippen LogP contribution in [-0.4, -0.2) is 33.2 Å². The molecule has 9 heteroatoms. The fraction of sp³-hybridized carbons (Fsp3) is 0.0588. The van der Waals surface area contributed by atoms with Crippen molar-refractivity contribution >= 4 is 46.0 Å². The molecule has 4 rings (SSSR count). The molecule has 1 amide bonds. The van der Waals surface area contributed by atoms with Gasteiger partial charge in [0, 0.05) is 24.2 Å². The third kappa shape index (κ3) is 3.02. The van der Waals surface area contributed by atoms with Crippen LogP contribution in [0.25, 0.3) is 21.7 Å². The summed E-state index contributed by atoms with van der Waals surface area (Å²) in [5, 5.41) is 12.7. The number of rotatable bonds is 3. The lowest BCUT2D eigenvalue weighted by atomic mass is 10.1. The zero-order valence-electron chi connectivity index (χ0n) is 13.4. The Labute approximate surface area is 157 Å². The number of fused-ring (bicyclic) bond motifs is 1. The second-order valence-corrected chi connectivity index (χ2v) is 7.18. The lowest BCUT2D eigenvalue weighted by molar-refractivity contribution is 0.0992. The van der Waals surface area contributed by atoms with E-state index in [0.717, 1.165) is 10.3 Å². The van der Waals surface area contributed by atoms with Crippen molar-refractivity contribution in [2.75, 3.05) is 11.9 Å². The Morgan fingerprint density at radius 2 is 1.96 bits per heavy atom. The molecule has 7 nitrogen and oxygen atoms in total. The summed E-state index contributed by atoms with van der Waals surface area (Å²) in [6, 6.07) is 11.8. The Hall–Kier alpha value is -2.91. The highest BCUT2D eigenvalue weighted by Crippen LogP contribution is 2.26. The average Bonchev–Trinajstić information content (AvgIpc) is 3.24. The van der Waals surface area contributed by atoms with E-state index < -0.39 is 0 Å². The van der Waals surface area contributed by atoms with E-state index in [2.05, 4.69) is 27.8 Å². The molecule has 4 aromatic rings. The zero-order valence-corrected chi connectivity index (χ0v) is 15.2. The van der Waals surface area contributed by atoms with Gasteiger partial charge in [0.15, 0.2) is 5.76 Å². The molecule has 1 aromatic carbocycles. The normalized spacial score (nSPS) is 11.0. The molecular formula is C17H12N4O3S2. The first kappa shape index (κ1) is 16.6. The first-order chi connectivity index (χ1) is 12.5. The van der Waals surface area contributed by atoms with Gasteiger partial charge in [0.2, 0.25) is 0 Å². The number of thiazole rings is 1. The minimum atomic E-state index is -0.195. The fourth-order valence-corrected chi connectivity index (χ4v) is 3.50. The first-order valence-corrected chi connectivity index (χ1v) is 8.78. The maximum absolute atomic E-state index is 12.7. The predicted molar refractivity (Wildman–Crippen MR) is 101 cm³/mol. The number of aromatic hydroxyl groups is 1. The van der Waals surface area contributed by atoms with E-state index in [1.165, 1.54) is 22.3 Å². The topological polar surface area (TPSA) is 92.4 Å². The monoisotopic (exact) mass is 384 g/mol. The number of thiol groups is 1. The van der Waals surface area contributed by atoms with E-state index in [0.29, 0.717) is 27.0 Å². The van der Waals surface area contributed by atoms with Crippen LogP contribution in [0.4, 0.5) is 5.82 Å². The van der Waals surface area contributed by atoms with E-state index in [9.17, 15) is 9.90 Å². The highest BCUT2D eigenvalue weighted by Gasteiger charge is 2.16. The predicted octanol–water partition coefficient (Wildman–Crippen LogP) is 3.62. The number of carbonyl (C=O) groups excluding carboxylic acids is 1. The van der Waals surface area contributed by atoms with Crippen molar-refractivity contribution in [1.82, 2.24) is 15.1 Å². The van der Waals surface area contributed by atoms with Gasteiger partial charge < -0.3 is 9.63 Å². The van der Waals surface area contributed by atoms with Crippen molar-refractivity contribution in [1.29, 1.82) is 0 Å². The highest BCUT2D eigenvalue weighted by molar-refractivity contribution is 7.82. The van der Waals surface area contributed by atoms with Crippen LogP contribution < -0.4 is 4.90 Å². The molecule has 0 bridgehead atoms. The second-order valence-electron chi connectivity index (χ2n) is 5.48. The van der Waals surface area contributed by atoms with Crippen LogP contribution in [0.15, 0.2) is 51.3 Å². The molecule has 0 aliphatic heterocycles. The van der Waals surface area contributed by atoms with Crippen molar-refractivity contribution in [2.45, 2.75) is 4.34 Å². The molecule has 0 radical (unpaired) electrons. The lowest BCUT2D eigenvalue weighted by Crippen LogP contribution is -2.26. The van der Waals surface area contributed by atoms with Crippen LogP contribution in [0, 0.1) is 0 Å². The third-order valence-electron chi connectivity index (χ3n) is 3.79. The van der Waals surface area contributed by atoms with Crippen molar-refractivity contribution in [3.63, 3.8) is 0 Å². The minimum absolute atomic E-state index is 0.186. The van der Waals surface area contributed by atoms with Gasteiger partial charge in [-0.2, -0.15) is 0 Å². The summed E-state index contributed by atoms with van der Waals surface area (Å²) in [6.45, 7) is 0. The SMILES string of the molecule is CN(C(=O)c1ccc(-c2cc(O)no2)cc1)c1ccc2nc(S)sc2n1. The zero-order chi connectivity index (χ0) is 18.3. The number of aromatic nitrogens is 3. The number of carbonyl (C=O) groups is 1. The molecule has 130 valence electrons. The maximum Gasteiger partial charge on any atom is 0.259 e. The highest BCUT2D eigenvalue weighted by atomic mass is 32.2. The Bertz CT molecular complexity index is 1100. The van der Waals surface area contributed by atoms with Gasteiger partial charge in [0.05, 0.1) is 0 Å².